The van der Waals surface area contributed by atoms with Crippen molar-refractivity contribution in [1.82, 2.24) is 9.97 Å². The monoisotopic (exact) mass is 435 g/mol. The van der Waals surface area contributed by atoms with Crippen LogP contribution in [0.1, 0.15) is 17.5 Å². The number of carboxylic acid groups (broad SMARTS) is 1. The molecule has 0 radical (unpaired) electrons. The molecule has 3 aromatic rings. The number of aromatic amines is 1. The minimum atomic E-state index is -1.39. The minimum absolute atomic E-state index is 0.0427. The number of aliphatic hydroxyl groups excluding tert-OH is 1. The summed E-state index contributed by atoms with van der Waals surface area (Å²) in [6.45, 7) is 2.24. The van der Waals surface area contributed by atoms with Crippen LogP contribution >= 0.6 is 0 Å². The number of hydrogen-bond acceptors (Lipinski definition) is 7. The SMILES string of the molecule is Cc1cc(OCCCO)ccc1NC1=C(C(=O)O)C(=O)/C(=C/c2c[nH]c3ncccc23)O1. The van der Waals surface area contributed by atoms with E-state index in [1.165, 1.54) is 6.08 Å². The number of H-pyrrole nitrogens is 1. The highest BCUT2D eigenvalue weighted by molar-refractivity contribution is 6.26. The van der Waals surface area contributed by atoms with E-state index < -0.39 is 17.3 Å². The predicted octanol–water partition coefficient (Wildman–Crippen LogP) is 2.98. The van der Waals surface area contributed by atoms with E-state index in [2.05, 4.69) is 15.3 Å². The summed E-state index contributed by atoms with van der Waals surface area (Å²) in [6, 6.07) is 8.79. The first-order valence-corrected chi connectivity index (χ1v) is 9.93. The van der Waals surface area contributed by atoms with Gasteiger partial charge in [0.15, 0.2) is 11.3 Å². The highest BCUT2D eigenvalue weighted by Gasteiger charge is 2.36. The lowest BCUT2D eigenvalue weighted by atomic mass is 10.1. The van der Waals surface area contributed by atoms with E-state index in [4.69, 9.17) is 14.6 Å². The van der Waals surface area contributed by atoms with Crippen LogP contribution in [0.3, 0.4) is 0 Å². The highest BCUT2D eigenvalue weighted by Crippen LogP contribution is 2.31. The fraction of sp³-hybridized carbons (Fsp3) is 0.174. The second-order valence-electron chi connectivity index (χ2n) is 7.12. The number of carbonyl (C=O) groups excluding carboxylic acids is 1. The van der Waals surface area contributed by atoms with Gasteiger partial charge in [-0.15, -0.1) is 0 Å². The lowest BCUT2D eigenvalue weighted by Crippen LogP contribution is -2.12. The molecule has 1 aromatic carbocycles. The van der Waals surface area contributed by atoms with Gasteiger partial charge in [0.05, 0.1) is 6.61 Å². The Balaban J connectivity index is 1.59. The lowest BCUT2D eigenvalue weighted by molar-refractivity contribution is -0.134. The molecule has 2 aromatic heterocycles. The van der Waals surface area contributed by atoms with Gasteiger partial charge in [0, 0.05) is 42.1 Å². The Morgan fingerprint density at radius 1 is 1.34 bits per heavy atom. The molecule has 4 rings (SSSR count). The van der Waals surface area contributed by atoms with Gasteiger partial charge >= 0.3 is 5.97 Å². The summed E-state index contributed by atoms with van der Waals surface area (Å²) in [4.78, 5) is 31.7. The molecule has 32 heavy (non-hydrogen) atoms. The van der Waals surface area contributed by atoms with Gasteiger partial charge in [0.1, 0.15) is 11.4 Å². The zero-order valence-corrected chi connectivity index (χ0v) is 17.2. The van der Waals surface area contributed by atoms with Crippen molar-refractivity contribution in [3.63, 3.8) is 0 Å². The number of pyridine rings is 1. The first-order valence-electron chi connectivity index (χ1n) is 9.93. The van der Waals surface area contributed by atoms with Gasteiger partial charge in [-0.1, -0.05) is 0 Å². The Morgan fingerprint density at radius 3 is 2.94 bits per heavy atom. The molecular weight excluding hydrogens is 414 g/mol. The van der Waals surface area contributed by atoms with Crippen LogP contribution < -0.4 is 10.1 Å². The number of aliphatic hydroxyl groups is 1. The maximum atomic E-state index is 12.8. The van der Waals surface area contributed by atoms with Crippen LogP contribution in [-0.4, -0.2) is 45.1 Å². The molecule has 0 saturated carbocycles. The molecule has 0 saturated heterocycles. The van der Waals surface area contributed by atoms with Gasteiger partial charge in [0.2, 0.25) is 11.7 Å². The number of fused-ring (bicyclic) bond motifs is 1. The van der Waals surface area contributed by atoms with Crippen molar-refractivity contribution in [2.24, 2.45) is 0 Å². The number of nitrogens with one attached hydrogen (secondary N) is 2. The summed E-state index contributed by atoms with van der Waals surface area (Å²) in [5.74, 6) is -1.74. The van der Waals surface area contributed by atoms with E-state index in [1.807, 2.05) is 13.0 Å². The molecule has 9 nitrogen and oxygen atoms in total. The molecule has 0 spiro atoms. The van der Waals surface area contributed by atoms with Crippen LogP contribution in [0.2, 0.25) is 0 Å². The van der Waals surface area contributed by atoms with Crippen molar-refractivity contribution in [2.75, 3.05) is 18.5 Å². The van der Waals surface area contributed by atoms with Crippen LogP contribution in [-0.2, 0) is 14.3 Å². The topological polar surface area (TPSA) is 134 Å². The number of ether oxygens (including phenoxy) is 2. The van der Waals surface area contributed by atoms with Gasteiger partial charge in [-0.2, -0.15) is 0 Å². The normalized spacial score (nSPS) is 14.8. The number of aryl methyl sites for hydroxylation is 1. The number of ketones is 1. The number of benzene rings is 1. The number of carbonyl (C=O) groups is 2. The molecule has 164 valence electrons. The minimum Gasteiger partial charge on any atom is -0.493 e. The van der Waals surface area contributed by atoms with E-state index in [9.17, 15) is 14.7 Å². The van der Waals surface area contributed by atoms with Crippen LogP contribution in [0, 0.1) is 6.92 Å². The fourth-order valence-electron chi connectivity index (χ4n) is 3.29. The average Bonchev–Trinajstić information content (AvgIpc) is 3.31. The van der Waals surface area contributed by atoms with E-state index in [-0.39, 0.29) is 18.2 Å². The number of Topliss-reactive ketones (excluding diaryl/α,β-unsaturated/α-hetero) is 1. The third-order valence-corrected chi connectivity index (χ3v) is 4.89. The van der Waals surface area contributed by atoms with Gasteiger partial charge in [-0.25, -0.2) is 9.78 Å². The van der Waals surface area contributed by atoms with Crippen LogP contribution in [0.25, 0.3) is 17.1 Å². The van der Waals surface area contributed by atoms with Crippen molar-refractivity contribution < 1.29 is 29.3 Å². The molecule has 0 atom stereocenters. The maximum absolute atomic E-state index is 12.8. The molecule has 9 heteroatoms. The maximum Gasteiger partial charge on any atom is 0.345 e. The molecule has 1 aliphatic heterocycles. The molecule has 0 amide bonds. The van der Waals surface area contributed by atoms with Gasteiger partial charge in [0.25, 0.3) is 0 Å². The smallest absolute Gasteiger partial charge is 0.345 e. The molecule has 3 heterocycles. The first-order chi connectivity index (χ1) is 15.5. The quantitative estimate of drug-likeness (QED) is 0.241. The molecule has 0 unspecified atom stereocenters. The van der Waals surface area contributed by atoms with Crippen LogP contribution in [0.4, 0.5) is 5.69 Å². The number of carboxylic acids is 1. The van der Waals surface area contributed by atoms with Gasteiger partial charge < -0.3 is 30.0 Å². The van der Waals surface area contributed by atoms with Crippen molar-refractivity contribution in [3.05, 3.63) is 71.1 Å². The van der Waals surface area contributed by atoms with E-state index in [1.54, 1.807) is 36.7 Å². The van der Waals surface area contributed by atoms with Gasteiger partial charge in [-0.05, 0) is 48.9 Å². The average molecular weight is 435 g/mol. The summed E-state index contributed by atoms with van der Waals surface area (Å²) in [7, 11) is 0. The summed E-state index contributed by atoms with van der Waals surface area (Å²) in [5.41, 5.74) is 2.16. The summed E-state index contributed by atoms with van der Waals surface area (Å²) in [5, 5.41) is 22.1. The van der Waals surface area contributed by atoms with Crippen molar-refractivity contribution in [2.45, 2.75) is 13.3 Å². The van der Waals surface area contributed by atoms with E-state index in [0.717, 1.165) is 10.9 Å². The molecule has 0 aliphatic carbocycles. The third-order valence-electron chi connectivity index (χ3n) is 4.89. The molecule has 1 aliphatic rings. The Kier molecular flexibility index (Phi) is 5.91. The second kappa shape index (κ2) is 8.94. The Bertz CT molecular complexity index is 1260. The molecule has 0 fully saturated rings. The summed E-state index contributed by atoms with van der Waals surface area (Å²) in [6.07, 6.45) is 5.33. The van der Waals surface area contributed by atoms with Crippen LogP contribution in [0.15, 0.2) is 59.9 Å². The Labute approximate surface area is 183 Å². The van der Waals surface area contributed by atoms with Gasteiger partial charge in [-0.3, -0.25) is 4.79 Å². The van der Waals surface area contributed by atoms with Crippen molar-refractivity contribution in [1.29, 1.82) is 0 Å². The zero-order chi connectivity index (χ0) is 22.7. The fourth-order valence-corrected chi connectivity index (χ4v) is 3.29. The molecular formula is C23H21N3O6. The highest BCUT2D eigenvalue weighted by atomic mass is 16.5. The second-order valence-corrected chi connectivity index (χ2v) is 7.12. The third kappa shape index (κ3) is 4.19. The summed E-state index contributed by atoms with van der Waals surface area (Å²) < 4.78 is 11.2. The lowest BCUT2D eigenvalue weighted by Gasteiger charge is -2.13. The Hall–Kier alpha value is -4.11. The number of aliphatic carboxylic acids is 1. The number of allylic oxidation sites excluding steroid dienone is 1. The standard InChI is InChI=1S/C23H21N3O6/c1-13-10-15(31-9-3-8-27)5-6-17(13)26-22-19(23(29)30)20(28)18(32-22)11-14-12-25-21-16(14)4-2-7-24-21/h2,4-7,10-12,26-27H,3,8-9H2,1H3,(H,24,25)(H,29,30)/b18-11-. The zero-order valence-electron chi connectivity index (χ0n) is 17.2. The van der Waals surface area contributed by atoms with Crippen molar-refractivity contribution >= 4 is 34.5 Å². The van der Waals surface area contributed by atoms with Crippen molar-refractivity contribution in [3.8, 4) is 5.75 Å². The summed E-state index contributed by atoms with van der Waals surface area (Å²) >= 11 is 0. The number of rotatable bonds is 8. The molecule has 4 N–H and O–H groups in total. The predicted molar refractivity (Wildman–Crippen MR) is 117 cm³/mol. The largest absolute Gasteiger partial charge is 0.493 e. The number of anilines is 1. The first kappa shape index (κ1) is 21.1. The molecule has 0 bridgehead atoms. The van der Waals surface area contributed by atoms with Crippen LogP contribution in [0.5, 0.6) is 5.75 Å². The number of hydrogen-bond donors (Lipinski definition) is 4. The van der Waals surface area contributed by atoms with E-state index >= 15 is 0 Å². The number of aromatic nitrogens is 2. The number of nitrogens with zero attached hydrogens (tertiary/aromatic N) is 1. The Morgan fingerprint density at radius 2 is 2.19 bits per heavy atom. The van der Waals surface area contributed by atoms with E-state index in [0.29, 0.717) is 35.7 Å².